The average Bonchev–Trinajstić information content (AvgIpc) is 3.31. The van der Waals surface area contributed by atoms with E-state index in [4.69, 9.17) is 0 Å². The molecule has 0 atom stereocenters. The highest BCUT2D eigenvalue weighted by Crippen LogP contribution is 2.18. The largest absolute Gasteiger partial charge is 0.348 e. The third kappa shape index (κ3) is 6.21. The molecule has 1 aliphatic heterocycles. The number of hydrogen-bond acceptors (Lipinski definition) is 4. The lowest BCUT2D eigenvalue weighted by Crippen LogP contribution is -2.23. The maximum atomic E-state index is 12.6. The van der Waals surface area contributed by atoms with E-state index < -0.39 is 10.0 Å². The molecule has 2 N–H and O–H groups in total. The molecule has 0 spiro atoms. The fourth-order valence-electron chi connectivity index (χ4n) is 3.94. The van der Waals surface area contributed by atoms with Gasteiger partial charge in [0.2, 0.25) is 0 Å². The van der Waals surface area contributed by atoms with Crippen molar-refractivity contribution in [3.8, 4) is 0 Å². The van der Waals surface area contributed by atoms with Gasteiger partial charge in [0.25, 0.3) is 15.9 Å². The molecule has 1 saturated heterocycles. The van der Waals surface area contributed by atoms with E-state index in [1.54, 1.807) is 48.5 Å². The summed E-state index contributed by atoms with van der Waals surface area (Å²) in [5.41, 5.74) is 4.18. The lowest BCUT2D eigenvalue weighted by molar-refractivity contribution is 0.0951. The van der Waals surface area contributed by atoms with Gasteiger partial charge in [0.1, 0.15) is 0 Å². The van der Waals surface area contributed by atoms with Gasteiger partial charge in [0.15, 0.2) is 0 Å². The highest BCUT2D eigenvalue weighted by atomic mass is 32.2. The highest BCUT2D eigenvalue weighted by Gasteiger charge is 2.15. The Hall–Kier alpha value is -3.16. The Morgan fingerprint density at radius 1 is 0.909 bits per heavy atom. The maximum Gasteiger partial charge on any atom is 0.261 e. The van der Waals surface area contributed by atoms with E-state index in [0.29, 0.717) is 17.8 Å². The molecule has 33 heavy (non-hydrogen) atoms. The minimum absolute atomic E-state index is 0.196. The number of hydrogen-bond donors (Lipinski definition) is 2. The van der Waals surface area contributed by atoms with E-state index in [1.165, 1.54) is 18.4 Å². The van der Waals surface area contributed by atoms with Crippen LogP contribution in [0.1, 0.15) is 39.9 Å². The molecule has 0 aliphatic carbocycles. The molecular weight excluding hydrogens is 434 g/mol. The van der Waals surface area contributed by atoms with Crippen molar-refractivity contribution in [1.29, 1.82) is 0 Å². The Kier molecular flexibility index (Phi) is 7.11. The first kappa shape index (κ1) is 23.0. The first-order chi connectivity index (χ1) is 15.9. The number of benzene rings is 3. The van der Waals surface area contributed by atoms with Crippen molar-refractivity contribution in [2.24, 2.45) is 0 Å². The Balaban J connectivity index is 1.33. The van der Waals surface area contributed by atoms with Gasteiger partial charge in [-0.2, -0.15) is 0 Å². The van der Waals surface area contributed by atoms with E-state index in [2.05, 4.69) is 27.1 Å². The van der Waals surface area contributed by atoms with E-state index >= 15 is 0 Å². The Morgan fingerprint density at radius 3 is 2.27 bits per heavy atom. The summed E-state index contributed by atoms with van der Waals surface area (Å²) in [5.74, 6) is -0.201. The zero-order valence-electron chi connectivity index (χ0n) is 18.8. The van der Waals surface area contributed by atoms with Gasteiger partial charge in [-0.3, -0.25) is 14.4 Å². The van der Waals surface area contributed by atoms with Crippen LogP contribution in [-0.4, -0.2) is 32.3 Å². The van der Waals surface area contributed by atoms with Crippen LogP contribution in [0.25, 0.3) is 0 Å². The van der Waals surface area contributed by atoms with Crippen LogP contribution in [0.5, 0.6) is 0 Å². The van der Waals surface area contributed by atoms with E-state index in [9.17, 15) is 13.2 Å². The normalized spacial score (nSPS) is 14.2. The Labute approximate surface area is 195 Å². The lowest BCUT2D eigenvalue weighted by Gasteiger charge is -2.15. The van der Waals surface area contributed by atoms with Crippen molar-refractivity contribution in [1.82, 2.24) is 10.2 Å². The zero-order valence-corrected chi connectivity index (χ0v) is 19.6. The number of amides is 1. The number of nitrogens with zero attached hydrogens (tertiary/aromatic N) is 1. The van der Waals surface area contributed by atoms with Gasteiger partial charge in [0.05, 0.1) is 4.90 Å². The molecular formula is C26H29N3O3S. The van der Waals surface area contributed by atoms with Gasteiger partial charge in [-0.05, 0) is 80.4 Å². The smallest absolute Gasteiger partial charge is 0.261 e. The first-order valence-corrected chi connectivity index (χ1v) is 12.7. The van der Waals surface area contributed by atoms with Crippen LogP contribution in [0.2, 0.25) is 0 Å². The number of rotatable bonds is 8. The van der Waals surface area contributed by atoms with Crippen LogP contribution in [0.3, 0.4) is 0 Å². The first-order valence-electron chi connectivity index (χ1n) is 11.2. The van der Waals surface area contributed by atoms with Crippen molar-refractivity contribution < 1.29 is 13.2 Å². The summed E-state index contributed by atoms with van der Waals surface area (Å²) in [5, 5.41) is 2.94. The molecule has 1 fully saturated rings. The average molecular weight is 464 g/mol. The van der Waals surface area contributed by atoms with Crippen molar-refractivity contribution in [3.05, 3.63) is 95.1 Å². The van der Waals surface area contributed by atoms with Gasteiger partial charge in [-0.15, -0.1) is 0 Å². The number of carbonyl (C=O) groups excluding carboxylic acids is 1. The molecule has 0 aromatic heterocycles. The Bertz CT molecular complexity index is 1200. The minimum atomic E-state index is -3.68. The summed E-state index contributed by atoms with van der Waals surface area (Å²) in [6.07, 6.45) is 2.53. The van der Waals surface area contributed by atoms with E-state index in [-0.39, 0.29) is 10.8 Å². The maximum absolute atomic E-state index is 12.6. The third-order valence-electron chi connectivity index (χ3n) is 5.78. The van der Waals surface area contributed by atoms with Gasteiger partial charge < -0.3 is 5.32 Å². The lowest BCUT2D eigenvalue weighted by atomic mass is 10.1. The van der Waals surface area contributed by atoms with Crippen molar-refractivity contribution in [2.45, 2.75) is 37.8 Å². The summed E-state index contributed by atoms with van der Waals surface area (Å²) >= 11 is 0. The van der Waals surface area contributed by atoms with Gasteiger partial charge in [-0.25, -0.2) is 8.42 Å². The highest BCUT2D eigenvalue weighted by molar-refractivity contribution is 7.92. The van der Waals surface area contributed by atoms with Crippen LogP contribution in [-0.2, 0) is 23.1 Å². The number of sulfonamides is 1. The van der Waals surface area contributed by atoms with Crippen molar-refractivity contribution in [3.63, 3.8) is 0 Å². The summed E-state index contributed by atoms with van der Waals surface area (Å²) in [7, 11) is -3.68. The molecule has 172 valence electrons. The topological polar surface area (TPSA) is 78.5 Å². The molecule has 7 heteroatoms. The second kappa shape index (κ2) is 10.2. The fraction of sp³-hybridized carbons (Fsp3) is 0.269. The van der Waals surface area contributed by atoms with Crippen LogP contribution in [0, 0.1) is 6.92 Å². The summed E-state index contributed by atoms with van der Waals surface area (Å²) in [6, 6.07) is 21.4. The Morgan fingerprint density at radius 2 is 1.58 bits per heavy atom. The summed E-state index contributed by atoms with van der Waals surface area (Å²) in [4.78, 5) is 15.2. The zero-order chi connectivity index (χ0) is 23.3. The predicted molar refractivity (Wildman–Crippen MR) is 131 cm³/mol. The molecule has 3 aromatic rings. The van der Waals surface area contributed by atoms with Gasteiger partial charge in [-0.1, -0.05) is 42.0 Å². The van der Waals surface area contributed by atoms with E-state index in [0.717, 1.165) is 30.8 Å². The van der Waals surface area contributed by atoms with Gasteiger partial charge >= 0.3 is 0 Å². The van der Waals surface area contributed by atoms with Crippen LogP contribution in [0.15, 0.2) is 77.7 Å². The van der Waals surface area contributed by atoms with Crippen LogP contribution >= 0.6 is 0 Å². The SMILES string of the molecule is Cc1ccc(S(=O)(=O)Nc2ccc(C(=O)NCc3cccc(CN4CCCC4)c3)cc2)cc1. The number of carbonyl (C=O) groups is 1. The van der Waals surface area contributed by atoms with Gasteiger partial charge in [0, 0.05) is 24.3 Å². The molecule has 0 radical (unpaired) electrons. The van der Waals surface area contributed by atoms with Crippen LogP contribution < -0.4 is 10.0 Å². The summed E-state index contributed by atoms with van der Waals surface area (Å²) in [6.45, 7) is 5.59. The molecule has 6 nitrogen and oxygen atoms in total. The second-order valence-corrected chi connectivity index (χ2v) is 10.2. The quantitative estimate of drug-likeness (QED) is 0.521. The van der Waals surface area contributed by atoms with E-state index in [1.807, 2.05) is 19.1 Å². The molecule has 1 aliphatic rings. The number of anilines is 1. The standard InChI is InChI=1S/C26H29N3O3S/c1-20-7-13-25(14-8-20)33(31,32)28-24-11-9-23(10-12-24)26(30)27-18-21-5-4-6-22(17-21)19-29-15-2-3-16-29/h4-14,17,28H,2-3,15-16,18-19H2,1H3,(H,27,30). The molecule has 1 heterocycles. The number of aryl methyl sites for hydroxylation is 1. The monoisotopic (exact) mass is 463 g/mol. The molecule has 0 saturated carbocycles. The van der Waals surface area contributed by atoms with Crippen molar-refractivity contribution >= 4 is 21.6 Å². The second-order valence-electron chi connectivity index (χ2n) is 8.48. The number of nitrogens with one attached hydrogen (secondary N) is 2. The third-order valence-corrected chi connectivity index (χ3v) is 7.18. The molecule has 4 rings (SSSR count). The fourth-order valence-corrected chi connectivity index (χ4v) is 5.00. The van der Waals surface area contributed by atoms with Crippen LogP contribution in [0.4, 0.5) is 5.69 Å². The molecule has 3 aromatic carbocycles. The molecule has 0 unspecified atom stereocenters. The predicted octanol–water partition coefficient (Wildman–Crippen LogP) is 4.32. The molecule has 1 amide bonds. The van der Waals surface area contributed by atoms with Crippen molar-refractivity contribution in [2.75, 3.05) is 17.8 Å². The number of likely N-dealkylation sites (tertiary alicyclic amines) is 1. The molecule has 0 bridgehead atoms. The summed E-state index contributed by atoms with van der Waals surface area (Å²) < 4.78 is 27.6. The minimum Gasteiger partial charge on any atom is -0.348 e.